The van der Waals surface area contributed by atoms with Crippen LogP contribution in [-0.2, 0) is 13.9 Å². The minimum atomic E-state index is -2.26. The third-order valence-electron chi connectivity index (χ3n) is 6.50. The molecule has 0 radical (unpaired) electrons. The van der Waals surface area contributed by atoms with Crippen LogP contribution in [0.15, 0.2) is 40.1 Å². The Morgan fingerprint density at radius 1 is 1.25 bits per heavy atom. The lowest BCUT2D eigenvalue weighted by Crippen LogP contribution is -2.46. The fourth-order valence-electron chi connectivity index (χ4n) is 3.41. The molecule has 36 heavy (non-hydrogen) atoms. The fourth-order valence-corrected chi connectivity index (χ4v) is 4.77. The quantitative estimate of drug-likeness (QED) is 0.189. The van der Waals surface area contributed by atoms with Gasteiger partial charge in [-0.3, -0.25) is 24.5 Å². The van der Waals surface area contributed by atoms with Crippen molar-refractivity contribution in [2.75, 3.05) is 6.61 Å². The van der Waals surface area contributed by atoms with Gasteiger partial charge < -0.3 is 18.6 Å². The van der Waals surface area contributed by atoms with Crippen molar-refractivity contribution in [3.05, 3.63) is 67.0 Å². The first-order valence-electron chi connectivity index (χ1n) is 11.4. The molecule has 13 heteroatoms. The summed E-state index contributed by atoms with van der Waals surface area (Å²) in [6.07, 6.45) is -1.19. The molecule has 2 heterocycles. The van der Waals surface area contributed by atoms with Crippen molar-refractivity contribution in [3.8, 4) is 5.75 Å². The summed E-state index contributed by atoms with van der Waals surface area (Å²) in [7, 11) is -2.26. The van der Waals surface area contributed by atoms with Crippen LogP contribution in [0.4, 0.5) is 10.5 Å². The molecule has 196 valence electrons. The zero-order valence-corrected chi connectivity index (χ0v) is 22.1. The maximum Gasteiger partial charge on any atom is 0.513 e. The number of nitrogens with zero attached hydrogens (tertiary/aromatic N) is 2. The Bertz CT molecular complexity index is 1230. The molecule has 1 aromatic carbocycles. The smallest absolute Gasteiger partial charge is 0.431 e. The summed E-state index contributed by atoms with van der Waals surface area (Å²) < 4.78 is 24.3. The molecule has 1 aromatic heterocycles. The highest BCUT2D eigenvalue weighted by Gasteiger charge is 2.45. The third kappa shape index (κ3) is 6.28. The molecule has 1 aliphatic heterocycles. The highest BCUT2D eigenvalue weighted by atomic mass is 28.4. The minimum Gasteiger partial charge on any atom is -0.431 e. The zero-order chi connectivity index (χ0) is 26.8. The summed E-state index contributed by atoms with van der Waals surface area (Å²) in [5.41, 5.74) is -0.871. The Morgan fingerprint density at radius 3 is 2.47 bits per heavy atom. The van der Waals surface area contributed by atoms with Gasteiger partial charge in [0.15, 0.2) is 8.32 Å². The van der Waals surface area contributed by atoms with E-state index in [-0.39, 0.29) is 23.1 Å². The predicted octanol–water partition coefficient (Wildman–Crippen LogP) is 3.65. The van der Waals surface area contributed by atoms with Gasteiger partial charge in [0.25, 0.3) is 11.2 Å². The number of aromatic nitrogens is 2. The van der Waals surface area contributed by atoms with Crippen molar-refractivity contribution in [3.63, 3.8) is 0 Å². The number of rotatable bonds is 7. The Kier molecular flexibility index (Phi) is 7.86. The fraction of sp³-hybridized carbons (Fsp3) is 0.522. The highest BCUT2D eigenvalue weighted by Crippen LogP contribution is 2.41. The van der Waals surface area contributed by atoms with Crippen molar-refractivity contribution in [2.45, 2.75) is 70.7 Å². The molecule has 2 aromatic rings. The number of aryl methyl sites for hydroxylation is 1. The van der Waals surface area contributed by atoms with Gasteiger partial charge in [-0.05, 0) is 37.2 Å². The molecule has 3 rings (SSSR count). The second kappa shape index (κ2) is 10.4. The van der Waals surface area contributed by atoms with Crippen LogP contribution in [0.3, 0.4) is 0 Å². The number of hydrogen-bond acceptors (Lipinski definition) is 9. The van der Waals surface area contributed by atoms with Gasteiger partial charge in [0.05, 0.1) is 11.0 Å². The Labute approximate surface area is 208 Å². The standard InChI is InChI=1S/C23H31N3O9Si/c1-14-12-25(21(28)24-20(14)27)19-11-17(35-36(5,6)23(2,3)4)18(34-19)13-32-22(29)33-16-9-7-15(8-10-16)26(30)31/h7-10,12,17-19H,11,13H2,1-6H3,(H,24,27,28)/t17-,18+,19+/m0/s1. The van der Waals surface area contributed by atoms with Crippen LogP contribution in [-0.4, -0.2) is 47.8 Å². The van der Waals surface area contributed by atoms with Crippen LogP contribution in [0.2, 0.25) is 18.1 Å². The van der Waals surface area contributed by atoms with Crippen molar-refractivity contribution in [1.82, 2.24) is 9.55 Å². The van der Waals surface area contributed by atoms with E-state index in [9.17, 15) is 24.5 Å². The monoisotopic (exact) mass is 521 g/mol. The van der Waals surface area contributed by atoms with E-state index in [1.165, 1.54) is 35.0 Å². The molecule has 0 saturated carbocycles. The summed E-state index contributed by atoms with van der Waals surface area (Å²) in [5, 5.41) is 10.7. The van der Waals surface area contributed by atoms with Gasteiger partial charge >= 0.3 is 11.8 Å². The molecule has 0 aliphatic carbocycles. The molecule has 12 nitrogen and oxygen atoms in total. The molecule has 0 bridgehead atoms. The summed E-state index contributed by atoms with van der Waals surface area (Å²) in [6.45, 7) is 11.8. The van der Waals surface area contributed by atoms with E-state index < -0.39 is 49.1 Å². The lowest BCUT2D eigenvalue weighted by molar-refractivity contribution is -0.384. The van der Waals surface area contributed by atoms with Crippen LogP contribution in [0.25, 0.3) is 0 Å². The van der Waals surface area contributed by atoms with Crippen LogP contribution in [0.5, 0.6) is 5.75 Å². The maximum absolute atomic E-state index is 12.4. The first-order chi connectivity index (χ1) is 16.7. The number of hydrogen-bond donors (Lipinski definition) is 1. The number of H-pyrrole nitrogens is 1. The molecule has 0 amide bonds. The third-order valence-corrected chi connectivity index (χ3v) is 11.0. The number of ether oxygens (including phenoxy) is 3. The number of non-ortho nitro benzene ring substituents is 1. The normalized spacial score (nSPS) is 20.2. The van der Waals surface area contributed by atoms with Gasteiger partial charge in [-0.1, -0.05) is 20.8 Å². The Morgan fingerprint density at radius 2 is 1.89 bits per heavy atom. The van der Waals surface area contributed by atoms with Crippen LogP contribution >= 0.6 is 0 Å². The van der Waals surface area contributed by atoms with Gasteiger partial charge in [-0.2, -0.15) is 0 Å². The predicted molar refractivity (Wildman–Crippen MR) is 132 cm³/mol. The van der Waals surface area contributed by atoms with Crippen LogP contribution in [0, 0.1) is 17.0 Å². The lowest BCUT2D eigenvalue weighted by atomic mass is 10.2. The summed E-state index contributed by atoms with van der Waals surface area (Å²) in [5.74, 6) is 0.0835. The molecule has 1 aliphatic rings. The number of carbonyl (C=O) groups excluding carboxylic acids is 1. The number of carbonyl (C=O) groups is 1. The molecular formula is C23H31N3O9Si. The highest BCUT2D eigenvalue weighted by molar-refractivity contribution is 6.74. The first kappa shape index (κ1) is 27.3. The average molecular weight is 522 g/mol. The zero-order valence-electron chi connectivity index (χ0n) is 21.1. The largest absolute Gasteiger partial charge is 0.513 e. The van der Waals surface area contributed by atoms with Crippen molar-refractivity contribution in [1.29, 1.82) is 0 Å². The summed E-state index contributed by atoms with van der Waals surface area (Å²) in [4.78, 5) is 48.9. The van der Waals surface area contributed by atoms with E-state index >= 15 is 0 Å². The second-order valence-corrected chi connectivity index (χ2v) is 14.9. The number of nitro groups is 1. The number of nitro benzene ring substituents is 1. The van der Waals surface area contributed by atoms with E-state index in [0.717, 1.165) is 0 Å². The first-order valence-corrected chi connectivity index (χ1v) is 14.3. The van der Waals surface area contributed by atoms with Crippen LogP contribution < -0.4 is 16.0 Å². The van der Waals surface area contributed by atoms with E-state index in [1.807, 2.05) is 0 Å². The number of benzene rings is 1. The van der Waals surface area contributed by atoms with E-state index in [4.69, 9.17) is 18.6 Å². The molecule has 0 unspecified atom stereocenters. The Balaban J connectivity index is 1.74. The SMILES string of the molecule is Cc1cn([C@H]2C[C@H](O[Si](C)(C)C(C)(C)C)[C@@H](COC(=O)Oc3ccc([N+](=O)[O-])cc3)O2)c(=O)[nH]c1=O. The van der Waals surface area contributed by atoms with Crippen molar-refractivity contribution < 1.29 is 28.4 Å². The molecule has 0 spiro atoms. The molecule has 1 N–H and O–H groups in total. The Hall–Kier alpha value is -3.29. The van der Waals surface area contributed by atoms with Gasteiger partial charge in [0.2, 0.25) is 0 Å². The van der Waals surface area contributed by atoms with E-state index in [2.05, 4.69) is 38.8 Å². The molecule has 1 fully saturated rings. The van der Waals surface area contributed by atoms with E-state index in [0.29, 0.717) is 12.0 Å². The number of aromatic amines is 1. The minimum absolute atomic E-state index is 0.0835. The van der Waals surface area contributed by atoms with Crippen LogP contribution in [0.1, 0.15) is 39.0 Å². The second-order valence-electron chi connectivity index (χ2n) is 10.2. The molecule has 3 atom stereocenters. The summed E-state index contributed by atoms with van der Waals surface area (Å²) >= 11 is 0. The maximum atomic E-state index is 12.4. The van der Waals surface area contributed by atoms with Gasteiger partial charge in [0, 0.05) is 30.3 Å². The van der Waals surface area contributed by atoms with Gasteiger partial charge in [0.1, 0.15) is 24.7 Å². The van der Waals surface area contributed by atoms with Gasteiger partial charge in [-0.25, -0.2) is 9.59 Å². The topological polar surface area (TPSA) is 152 Å². The van der Waals surface area contributed by atoms with Crippen molar-refractivity contribution >= 4 is 20.2 Å². The molecular weight excluding hydrogens is 490 g/mol. The number of nitrogens with one attached hydrogen (secondary N) is 1. The summed E-state index contributed by atoms with van der Waals surface area (Å²) in [6, 6.07) is 4.99. The van der Waals surface area contributed by atoms with E-state index in [1.54, 1.807) is 6.92 Å². The lowest BCUT2D eigenvalue weighted by Gasteiger charge is -2.39. The molecule has 1 saturated heterocycles. The average Bonchev–Trinajstić information content (AvgIpc) is 3.16. The van der Waals surface area contributed by atoms with Crippen molar-refractivity contribution in [2.24, 2.45) is 0 Å². The van der Waals surface area contributed by atoms with Gasteiger partial charge in [-0.15, -0.1) is 0 Å².